The molecule has 7 nitrogen and oxygen atoms in total. The average Bonchev–Trinajstić information content (AvgIpc) is 3.22. The van der Waals surface area contributed by atoms with E-state index in [1.165, 1.54) is 14.0 Å². The lowest BCUT2D eigenvalue weighted by Crippen LogP contribution is -2.66. The topological polar surface area (TPSA) is 99.1 Å². The molecule has 4 fully saturated rings. The summed E-state index contributed by atoms with van der Waals surface area (Å²) >= 11 is 17.9. The highest BCUT2D eigenvalue weighted by molar-refractivity contribution is 6.75. The SMILES string of the molecule is COC(=O)CC[C@@H](C)[C@H]1CC[C@H]2[C@@H]3CCC4C[C@H](OC(C)=O)CC[C@]4(C)[C@H]3[C@@H](OC(=O)C(Cl)(Cl)Cl)[C@H](O)[C@]12C. The number of hydrogen-bond acceptors (Lipinski definition) is 7. The highest BCUT2D eigenvalue weighted by Gasteiger charge is 2.68. The molecule has 1 N–H and O–H groups in total. The number of halogens is 3. The van der Waals surface area contributed by atoms with Gasteiger partial charge in [-0.2, -0.15) is 0 Å². The number of hydrogen-bond donors (Lipinski definition) is 1. The smallest absolute Gasteiger partial charge is 0.358 e. The molecule has 0 aliphatic heterocycles. The molecule has 0 aromatic rings. The van der Waals surface area contributed by atoms with Crippen LogP contribution < -0.4 is 0 Å². The molecule has 11 atom stereocenters. The molecule has 0 bridgehead atoms. The molecule has 39 heavy (non-hydrogen) atoms. The normalized spacial score (nSPS) is 42.4. The van der Waals surface area contributed by atoms with Crippen molar-refractivity contribution in [3.63, 3.8) is 0 Å². The van der Waals surface area contributed by atoms with Crippen LogP contribution in [0.3, 0.4) is 0 Å². The van der Waals surface area contributed by atoms with Crippen molar-refractivity contribution in [2.75, 3.05) is 7.11 Å². The van der Waals surface area contributed by atoms with E-state index in [4.69, 9.17) is 49.0 Å². The number of aliphatic hydroxyl groups excluding tert-OH is 1. The Morgan fingerprint density at radius 1 is 1.05 bits per heavy atom. The summed E-state index contributed by atoms with van der Waals surface area (Å²) in [5, 5.41) is 12.2. The highest BCUT2D eigenvalue weighted by Crippen LogP contribution is 2.69. The largest absolute Gasteiger partial charge is 0.469 e. The summed E-state index contributed by atoms with van der Waals surface area (Å²) in [6.07, 6.45) is 5.22. The van der Waals surface area contributed by atoms with Gasteiger partial charge < -0.3 is 19.3 Å². The summed E-state index contributed by atoms with van der Waals surface area (Å²) in [5.41, 5.74) is -0.748. The van der Waals surface area contributed by atoms with Gasteiger partial charge in [0.15, 0.2) is 0 Å². The van der Waals surface area contributed by atoms with Crippen molar-refractivity contribution in [3.05, 3.63) is 0 Å². The van der Waals surface area contributed by atoms with Gasteiger partial charge in [-0.3, -0.25) is 9.59 Å². The number of ether oxygens (including phenoxy) is 3. The van der Waals surface area contributed by atoms with Crippen LogP contribution >= 0.6 is 34.8 Å². The van der Waals surface area contributed by atoms with E-state index in [1.807, 2.05) is 0 Å². The van der Waals surface area contributed by atoms with Gasteiger partial charge in [0.2, 0.25) is 0 Å². The fourth-order valence-corrected chi connectivity index (χ4v) is 9.67. The summed E-state index contributed by atoms with van der Waals surface area (Å²) < 4.78 is 14.2. The Balaban J connectivity index is 1.68. The maximum absolute atomic E-state index is 13.0. The fraction of sp³-hybridized carbons (Fsp3) is 0.897. The minimum Gasteiger partial charge on any atom is -0.469 e. The monoisotopic (exact) mass is 608 g/mol. The van der Waals surface area contributed by atoms with Gasteiger partial charge >= 0.3 is 17.9 Å². The van der Waals surface area contributed by atoms with Gasteiger partial charge in [0, 0.05) is 24.7 Å². The molecule has 10 heteroatoms. The third-order valence-corrected chi connectivity index (χ3v) is 11.8. The number of rotatable bonds is 6. The summed E-state index contributed by atoms with van der Waals surface area (Å²) in [4.78, 5) is 36.5. The molecule has 0 radical (unpaired) electrons. The van der Waals surface area contributed by atoms with Crippen molar-refractivity contribution in [1.82, 2.24) is 0 Å². The van der Waals surface area contributed by atoms with Gasteiger partial charge in [0.25, 0.3) is 3.79 Å². The first-order valence-corrected chi connectivity index (χ1v) is 15.5. The average molecular weight is 610 g/mol. The highest BCUT2D eigenvalue weighted by atomic mass is 35.6. The van der Waals surface area contributed by atoms with Crippen molar-refractivity contribution in [2.45, 2.75) is 108 Å². The number of alkyl halides is 3. The van der Waals surface area contributed by atoms with Crippen molar-refractivity contribution in [2.24, 2.45) is 46.3 Å². The lowest BCUT2D eigenvalue weighted by Gasteiger charge is -2.64. The van der Waals surface area contributed by atoms with Crippen LogP contribution in [0.1, 0.15) is 85.5 Å². The molecule has 0 aromatic heterocycles. The van der Waals surface area contributed by atoms with E-state index in [9.17, 15) is 19.5 Å². The quantitative estimate of drug-likeness (QED) is 0.223. The Morgan fingerprint density at radius 2 is 1.74 bits per heavy atom. The maximum atomic E-state index is 13.0. The number of esters is 3. The van der Waals surface area contributed by atoms with Crippen molar-refractivity contribution in [1.29, 1.82) is 0 Å². The van der Waals surface area contributed by atoms with E-state index in [0.29, 0.717) is 12.8 Å². The van der Waals surface area contributed by atoms with Crippen molar-refractivity contribution < 1.29 is 33.7 Å². The zero-order valence-corrected chi connectivity index (χ0v) is 25.9. The number of fused-ring (bicyclic) bond motifs is 5. The van der Waals surface area contributed by atoms with Crippen LogP contribution in [0.2, 0.25) is 0 Å². The van der Waals surface area contributed by atoms with Gasteiger partial charge in [-0.15, -0.1) is 0 Å². The predicted octanol–water partition coefficient (Wildman–Crippen LogP) is 6.03. The number of carbonyl (C=O) groups excluding carboxylic acids is 3. The van der Waals surface area contributed by atoms with Crippen LogP contribution in [0.4, 0.5) is 0 Å². The van der Waals surface area contributed by atoms with Crippen LogP contribution in [-0.4, -0.2) is 52.2 Å². The second-order valence-electron chi connectivity index (χ2n) is 13.0. The zero-order valence-electron chi connectivity index (χ0n) is 23.6. The standard InChI is InChI=1S/C29H43Cl3O7/c1-15(6-11-22(34)37-5)20-9-10-21-19-8-7-17-14-18(38-16(2)33)12-13-27(17,3)23(19)24(25(35)28(20,21)4)39-26(36)29(30,31)32/h15,17-21,23-25,35H,6-14H2,1-5H3/t15-,17?,18-,19+,20-,21+,23-,24-,25+,27+,28-/m1/s1. The molecule has 4 saturated carbocycles. The van der Waals surface area contributed by atoms with Crippen LogP contribution in [0, 0.1) is 46.3 Å². The van der Waals surface area contributed by atoms with E-state index in [2.05, 4.69) is 20.8 Å². The first kappa shape index (κ1) is 31.2. The number of carbonyl (C=O) groups is 3. The molecule has 222 valence electrons. The minimum absolute atomic E-state index is 0.108. The Morgan fingerprint density at radius 3 is 2.36 bits per heavy atom. The summed E-state index contributed by atoms with van der Waals surface area (Å²) in [7, 11) is 1.39. The molecule has 0 spiro atoms. The Hall–Kier alpha value is -0.760. The number of methoxy groups -OCH3 is 1. The predicted molar refractivity (Wildman–Crippen MR) is 148 cm³/mol. The lowest BCUT2D eigenvalue weighted by atomic mass is 9.43. The third kappa shape index (κ3) is 5.68. The molecule has 4 aliphatic rings. The van der Waals surface area contributed by atoms with E-state index < -0.39 is 27.4 Å². The van der Waals surface area contributed by atoms with Crippen LogP contribution in [0.15, 0.2) is 0 Å². The second kappa shape index (κ2) is 11.5. The van der Waals surface area contributed by atoms with Gasteiger partial charge in [0.1, 0.15) is 12.2 Å². The van der Waals surface area contributed by atoms with Gasteiger partial charge in [-0.05, 0) is 86.4 Å². The number of aliphatic hydroxyl groups is 1. The molecule has 0 heterocycles. The molecule has 0 aromatic carbocycles. The van der Waals surface area contributed by atoms with Crippen molar-refractivity contribution in [3.8, 4) is 0 Å². The maximum Gasteiger partial charge on any atom is 0.358 e. The first-order valence-electron chi connectivity index (χ1n) is 14.3. The molecular weight excluding hydrogens is 567 g/mol. The summed E-state index contributed by atoms with van der Waals surface area (Å²) in [6, 6.07) is 0. The van der Waals surface area contributed by atoms with Gasteiger partial charge in [-0.25, -0.2) is 4.79 Å². The molecule has 4 rings (SSSR count). The van der Waals surface area contributed by atoms with Crippen LogP contribution in [0.25, 0.3) is 0 Å². The zero-order chi connectivity index (χ0) is 28.9. The third-order valence-electron chi connectivity index (χ3n) is 11.3. The van der Waals surface area contributed by atoms with E-state index in [0.717, 1.165) is 44.9 Å². The molecule has 4 aliphatic carbocycles. The van der Waals surface area contributed by atoms with Crippen LogP contribution in [0.5, 0.6) is 0 Å². The molecular formula is C29H43Cl3O7. The summed E-state index contributed by atoms with van der Waals surface area (Å²) in [6.45, 7) is 7.96. The molecule has 0 saturated heterocycles. The fourth-order valence-electron chi connectivity index (χ4n) is 9.54. The summed E-state index contributed by atoms with van der Waals surface area (Å²) in [5.74, 6) is -0.537. The van der Waals surface area contributed by atoms with E-state index in [-0.39, 0.29) is 59.0 Å². The minimum atomic E-state index is -2.25. The Kier molecular flexibility index (Phi) is 9.19. The van der Waals surface area contributed by atoms with Gasteiger partial charge in [0.05, 0.1) is 13.2 Å². The lowest BCUT2D eigenvalue weighted by molar-refractivity contribution is -0.242. The first-order chi connectivity index (χ1) is 18.1. The van der Waals surface area contributed by atoms with E-state index in [1.54, 1.807) is 0 Å². The molecule has 0 amide bonds. The van der Waals surface area contributed by atoms with Crippen LogP contribution in [-0.2, 0) is 28.6 Å². The van der Waals surface area contributed by atoms with Crippen molar-refractivity contribution >= 4 is 52.7 Å². The molecule has 1 unspecified atom stereocenters. The van der Waals surface area contributed by atoms with E-state index >= 15 is 0 Å². The second-order valence-corrected chi connectivity index (χ2v) is 15.3. The Labute approximate surface area is 246 Å². The van der Waals surface area contributed by atoms with Gasteiger partial charge in [-0.1, -0.05) is 55.6 Å². The Bertz CT molecular complexity index is 954.